The largest absolute Gasteiger partial charge is 0.382 e. The van der Waals surface area contributed by atoms with Gasteiger partial charge in [-0.15, -0.1) is 0 Å². The Morgan fingerprint density at radius 2 is 1.05 bits per heavy atom. The summed E-state index contributed by atoms with van der Waals surface area (Å²) < 4.78 is 26.4. The van der Waals surface area contributed by atoms with Gasteiger partial charge in [0.2, 0.25) is 0 Å². The van der Waals surface area contributed by atoms with Crippen LogP contribution in [0.3, 0.4) is 0 Å². The van der Waals surface area contributed by atoms with Crippen molar-refractivity contribution in [2.45, 2.75) is 12.8 Å². The molecule has 0 aromatic heterocycles. The molecular formula is C14H31NO5. The third-order valence-corrected chi connectivity index (χ3v) is 2.50. The monoisotopic (exact) mass is 293 g/mol. The lowest BCUT2D eigenvalue weighted by atomic mass is 10.3. The second kappa shape index (κ2) is 18.8. The maximum Gasteiger partial charge on any atom is 0.0701 e. The van der Waals surface area contributed by atoms with Crippen molar-refractivity contribution in [2.24, 2.45) is 0 Å². The highest BCUT2D eigenvalue weighted by Crippen LogP contribution is 1.92. The molecule has 0 heterocycles. The quantitative estimate of drug-likeness (QED) is 0.398. The molecule has 0 bridgehead atoms. The smallest absolute Gasteiger partial charge is 0.0701 e. The predicted molar refractivity (Wildman–Crippen MR) is 78.3 cm³/mol. The minimum atomic E-state index is 0.629. The van der Waals surface area contributed by atoms with Crippen LogP contribution >= 0.6 is 0 Å². The number of hydrogen-bond acceptors (Lipinski definition) is 6. The van der Waals surface area contributed by atoms with Crippen molar-refractivity contribution in [3.63, 3.8) is 0 Å². The van der Waals surface area contributed by atoms with Gasteiger partial charge in [-0.1, -0.05) is 0 Å². The summed E-state index contributed by atoms with van der Waals surface area (Å²) in [6.45, 7) is 7.01. The van der Waals surface area contributed by atoms with Gasteiger partial charge in [0.25, 0.3) is 0 Å². The Balaban J connectivity index is 2.89. The molecule has 0 aromatic rings. The molecule has 6 nitrogen and oxygen atoms in total. The number of likely N-dealkylation sites (N-methyl/N-ethyl adjacent to an activating group) is 1. The predicted octanol–water partition coefficient (Wildman–Crippen LogP) is 0.699. The van der Waals surface area contributed by atoms with Crippen LogP contribution in [0.25, 0.3) is 0 Å². The molecule has 0 amide bonds. The first-order valence-corrected chi connectivity index (χ1v) is 7.36. The second-order valence-electron chi connectivity index (χ2n) is 4.25. The Kier molecular flexibility index (Phi) is 18.5. The Morgan fingerprint density at radius 3 is 1.55 bits per heavy atom. The topological polar surface area (TPSA) is 58.2 Å². The molecule has 0 radical (unpaired) electrons. The lowest BCUT2D eigenvalue weighted by Gasteiger charge is -2.07. The maximum absolute atomic E-state index is 5.45. The molecule has 0 saturated heterocycles. The van der Waals surface area contributed by atoms with Crippen LogP contribution < -0.4 is 5.32 Å². The second-order valence-corrected chi connectivity index (χ2v) is 4.25. The van der Waals surface area contributed by atoms with Gasteiger partial charge in [0.05, 0.1) is 46.2 Å². The molecule has 0 aromatic carbocycles. The molecule has 0 rings (SSSR count). The SMILES string of the molecule is CNCCOCCOCCCCOCCOCCOC. The van der Waals surface area contributed by atoms with Crippen LogP contribution in [0.4, 0.5) is 0 Å². The summed E-state index contributed by atoms with van der Waals surface area (Å²) >= 11 is 0. The number of unbranched alkanes of at least 4 members (excludes halogenated alkanes) is 1. The van der Waals surface area contributed by atoms with E-state index in [-0.39, 0.29) is 0 Å². The fraction of sp³-hybridized carbons (Fsp3) is 1.00. The summed E-state index contributed by atoms with van der Waals surface area (Å²) in [5, 5.41) is 3.02. The normalized spacial score (nSPS) is 11.1. The molecule has 1 N–H and O–H groups in total. The van der Waals surface area contributed by atoms with Crippen LogP contribution in [0, 0.1) is 0 Å². The van der Waals surface area contributed by atoms with Crippen molar-refractivity contribution in [1.82, 2.24) is 5.32 Å². The van der Waals surface area contributed by atoms with E-state index in [0.717, 1.165) is 39.2 Å². The zero-order chi connectivity index (χ0) is 14.7. The third-order valence-electron chi connectivity index (χ3n) is 2.50. The van der Waals surface area contributed by atoms with E-state index < -0.39 is 0 Å². The van der Waals surface area contributed by atoms with Crippen molar-refractivity contribution in [3.05, 3.63) is 0 Å². The van der Waals surface area contributed by atoms with Crippen LogP contribution in [-0.4, -0.2) is 80.2 Å². The van der Waals surface area contributed by atoms with E-state index in [4.69, 9.17) is 23.7 Å². The number of nitrogens with one attached hydrogen (secondary N) is 1. The molecular weight excluding hydrogens is 262 g/mol. The third kappa shape index (κ3) is 17.8. The summed E-state index contributed by atoms with van der Waals surface area (Å²) in [6, 6.07) is 0. The molecule has 0 saturated carbocycles. The van der Waals surface area contributed by atoms with Crippen molar-refractivity contribution in [1.29, 1.82) is 0 Å². The zero-order valence-electron chi connectivity index (χ0n) is 13.0. The van der Waals surface area contributed by atoms with Crippen LogP contribution in [-0.2, 0) is 23.7 Å². The highest BCUT2D eigenvalue weighted by molar-refractivity contribution is 4.40. The first-order chi connectivity index (χ1) is 9.91. The average Bonchev–Trinajstić information content (AvgIpc) is 2.47. The van der Waals surface area contributed by atoms with Crippen molar-refractivity contribution in [2.75, 3.05) is 80.2 Å². The van der Waals surface area contributed by atoms with E-state index in [2.05, 4.69) is 5.32 Å². The maximum atomic E-state index is 5.45. The highest BCUT2D eigenvalue weighted by atomic mass is 16.5. The van der Waals surface area contributed by atoms with Gasteiger partial charge in [0.15, 0.2) is 0 Å². The first kappa shape index (κ1) is 19.8. The minimum absolute atomic E-state index is 0.629. The van der Waals surface area contributed by atoms with E-state index >= 15 is 0 Å². The van der Waals surface area contributed by atoms with Gasteiger partial charge in [-0.25, -0.2) is 0 Å². The average molecular weight is 293 g/mol. The highest BCUT2D eigenvalue weighted by Gasteiger charge is 1.93. The van der Waals surface area contributed by atoms with Crippen LogP contribution in [0.5, 0.6) is 0 Å². The van der Waals surface area contributed by atoms with E-state index in [9.17, 15) is 0 Å². The fourth-order valence-electron chi connectivity index (χ4n) is 1.37. The van der Waals surface area contributed by atoms with Crippen molar-refractivity contribution < 1.29 is 23.7 Å². The van der Waals surface area contributed by atoms with E-state index in [1.807, 2.05) is 7.05 Å². The summed E-state index contributed by atoms with van der Waals surface area (Å²) in [7, 11) is 3.57. The Hall–Kier alpha value is -0.240. The minimum Gasteiger partial charge on any atom is -0.382 e. The number of rotatable bonds is 17. The number of hydrogen-bond donors (Lipinski definition) is 1. The van der Waals surface area contributed by atoms with Gasteiger partial charge in [0, 0.05) is 26.9 Å². The zero-order valence-corrected chi connectivity index (χ0v) is 13.0. The molecule has 0 aliphatic rings. The molecule has 0 aliphatic heterocycles. The standard InChI is InChI=1S/C14H31NO5/c1-15-5-8-19-13-11-17-6-3-4-7-18-12-14-20-10-9-16-2/h15H,3-14H2,1-2H3. The summed E-state index contributed by atoms with van der Waals surface area (Å²) in [6.07, 6.45) is 2.03. The summed E-state index contributed by atoms with van der Waals surface area (Å²) in [5.41, 5.74) is 0. The van der Waals surface area contributed by atoms with Gasteiger partial charge in [-0.3, -0.25) is 0 Å². The van der Waals surface area contributed by atoms with Crippen LogP contribution in [0.1, 0.15) is 12.8 Å². The molecule has 20 heavy (non-hydrogen) atoms. The number of methoxy groups -OCH3 is 1. The fourth-order valence-corrected chi connectivity index (χ4v) is 1.37. The van der Waals surface area contributed by atoms with Gasteiger partial charge in [-0.05, 0) is 19.9 Å². The van der Waals surface area contributed by atoms with Gasteiger partial charge in [0.1, 0.15) is 0 Å². The summed E-state index contributed by atoms with van der Waals surface area (Å²) in [5.74, 6) is 0. The van der Waals surface area contributed by atoms with E-state index in [1.54, 1.807) is 7.11 Å². The summed E-state index contributed by atoms with van der Waals surface area (Å²) in [4.78, 5) is 0. The molecule has 6 heteroatoms. The van der Waals surface area contributed by atoms with E-state index in [0.29, 0.717) is 39.6 Å². The molecule has 0 atom stereocenters. The van der Waals surface area contributed by atoms with Gasteiger partial charge < -0.3 is 29.0 Å². The molecule has 0 aliphatic carbocycles. The van der Waals surface area contributed by atoms with Gasteiger partial charge in [-0.2, -0.15) is 0 Å². The van der Waals surface area contributed by atoms with Crippen molar-refractivity contribution >= 4 is 0 Å². The first-order valence-electron chi connectivity index (χ1n) is 7.36. The molecule has 0 unspecified atom stereocenters. The van der Waals surface area contributed by atoms with Crippen LogP contribution in [0.15, 0.2) is 0 Å². The Bertz CT molecular complexity index is 154. The van der Waals surface area contributed by atoms with E-state index in [1.165, 1.54) is 0 Å². The number of ether oxygens (including phenoxy) is 5. The van der Waals surface area contributed by atoms with Crippen LogP contribution in [0.2, 0.25) is 0 Å². The molecule has 0 fully saturated rings. The molecule has 122 valence electrons. The molecule has 0 spiro atoms. The van der Waals surface area contributed by atoms with Gasteiger partial charge >= 0.3 is 0 Å². The lowest BCUT2D eigenvalue weighted by Crippen LogP contribution is -2.16. The van der Waals surface area contributed by atoms with Crippen molar-refractivity contribution in [3.8, 4) is 0 Å². The Morgan fingerprint density at radius 1 is 0.600 bits per heavy atom. The lowest BCUT2D eigenvalue weighted by molar-refractivity contribution is 0.0202. The Labute approximate surface area is 123 Å².